The molecule has 0 aliphatic rings. The van der Waals surface area contributed by atoms with E-state index in [4.69, 9.17) is 0 Å². The van der Waals surface area contributed by atoms with Gasteiger partial charge in [0.25, 0.3) is 0 Å². The molecule has 0 N–H and O–H groups in total. The van der Waals surface area contributed by atoms with E-state index in [9.17, 15) is 4.79 Å². The zero-order chi connectivity index (χ0) is 11.8. The van der Waals surface area contributed by atoms with Crippen LogP contribution in [0.3, 0.4) is 0 Å². The van der Waals surface area contributed by atoms with Gasteiger partial charge >= 0.3 is 0 Å². The van der Waals surface area contributed by atoms with Crippen LogP contribution in [0.4, 0.5) is 0 Å². The van der Waals surface area contributed by atoms with Crippen molar-refractivity contribution in [2.75, 3.05) is 0 Å². The summed E-state index contributed by atoms with van der Waals surface area (Å²) in [6, 6.07) is 7.87. The van der Waals surface area contributed by atoms with Crippen LogP contribution in [0.15, 0.2) is 29.2 Å². The van der Waals surface area contributed by atoms with Crippen LogP contribution in [0.2, 0.25) is 0 Å². The molecule has 1 unspecified atom stereocenters. The molecule has 0 saturated carbocycles. The fourth-order valence-corrected chi connectivity index (χ4v) is 2.22. The van der Waals surface area contributed by atoms with Crippen molar-refractivity contribution in [2.45, 2.75) is 49.8 Å². The van der Waals surface area contributed by atoms with Gasteiger partial charge in [-0.3, -0.25) is 0 Å². The van der Waals surface area contributed by atoms with Crippen molar-refractivity contribution in [3.05, 3.63) is 29.8 Å². The molecule has 2 heteroatoms. The molecule has 1 aromatic carbocycles. The Morgan fingerprint density at radius 1 is 1.25 bits per heavy atom. The summed E-state index contributed by atoms with van der Waals surface area (Å²) in [5.41, 5.74) is 1.07. The first kappa shape index (κ1) is 13.3. The maximum atomic E-state index is 11.1. The number of thiol groups is 1. The summed E-state index contributed by atoms with van der Waals surface area (Å²) in [6.07, 6.45) is 6.83. The lowest BCUT2D eigenvalue weighted by Crippen LogP contribution is -2.01. The summed E-state index contributed by atoms with van der Waals surface area (Å²) < 4.78 is 0. The number of benzene rings is 1. The second-order valence-electron chi connectivity index (χ2n) is 4.15. The van der Waals surface area contributed by atoms with E-state index in [2.05, 4.69) is 19.6 Å². The van der Waals surface area contributed by atoms with Gasteiger partial charge in [0, 0.05) is 10.8 Å². The predicted octanol–water partition coefficient (Wildman–Crippen LogP) is 4.23. The maximum Gasteiger partial charge on any atom is 0.127 e. The van der Waals surface area contributed by atoms with Crippen molar-refractivity contribution in [3.63, 3.8) is 0 Å². The molecule has 1 aromatic rings. The minimum atomic E-state index is 0.0190. The van der Waals surface area contributed by atoms with Crippen LogP contribution in [-0.2, 0) is 4.79 Å². The lowest BCUT2D eigenvalue weighted by Gasteiger charge is -2.12. The van der Waals surface area contributed by atoms with Crippen LogP contribution < -0.4 is 0 Å². The Bertz CT molecular complexity index is 322. The van der Waals surface area contributed by atoms with Crippen molar-refractivity contribution < 1.29 is 4.79 Å². The Hall–Kier alpha value is -0.760. The number of aldehydes is 1. The Labute approximate surface area is 104 Å². The van der Waals surface area contributed by atoms with Gasteiger partial charge in [-0.05, 0) is 18.1 Å². The average Bonchev–Trinajstić information content (AvgIpc) is 2.31. The zero-order valence-corrected chi connectivity index (χ0v) is 10.7. The Morgan fingerprint density at radius 3 is 2.62 bits per heavy atom. The lowest BCUT2D eigenvalue weighted by atomic mass is 9.94. The third-order valence-corrected chi connectivity index (χ3v) is 3.28. The van der Waals surface area contributed by atoms with Crippen molar-refractivity contribution >= 4 is 18.9 Å². The van der Waals surface area contributed by atoms with Gasteiger partial charge in [-0.2, -0.15) is 0 Å². The van der Waals surface area contributed by atoms with Gasteiger partial charge in [0.05, 0.1) is 0 Å². The molecule has 0 aliphatic heterocycles. The van der Waals surface area contributed by atoms with E-state index >= 15 is 0 Å². The number of carbonyl (C=O) groups is 1. The molecule has 0 fully saturated rings. The van der Waals surface area contributed by atoms with Gasteiger partial charge in [0.15, 0.2) is 0 Å². The smallest absolute Gasteiger partial charge is 0.127 e. The molecule has 1 nitrogen and oxygen atoms in total. The van der Waals surface area contributed by atoms with Crippen molar-refractivity contribution in [1.29, 1.82) is 0 Å². The van der Waals surface area contributed by atoms with Gasteiger partial charge in [0.2, 0.25) is 0 Å². The Morgan fingerprint density at radius 2 is 2.00 bits per heavy atom. The lowest BCUT2D eigenvalue weighted by molar-refractivity contribution is -0.109. The molecular weight excluding hydrogens is 216 g/mol. The normalized spacial score (nSPS) is 12.4. The number of unbranched alkanes of at least 4 members (excludes halogenated alkanes) is 3. The summed E-state index contributed by atoms with van der Waals surface area (Å²) in [5, 5.41) is 0. The van der Waals surface area contributed by atoms with E-state index in [0.29, 0.717) is 0 Å². The monoisotopic (exact) mass is 236 g/mol. The molecule has 0 amide bonds. The van der Waals surface area contributed by atoms with Gasteiger partial charge in [-0.25, -0.2) is 0 Å². The molecule has 1 rings (SSSR count). The fourth-order valence-electron chi connectivity index (χ4n) is 1.89. The van der Waals surface area contributed by atoms with E-state index in [-0.39, 0.29) is 5.92 Å². The molecule has 0 aromatic heterocycles. The van der Waals surface area contributed by atoms with Crippen LogP contribution >= 0.6 is 12.6 Å². The average molecular weight is 236 g/mol. The van der Waals surface area contributed by atoms with Crippen molar-refractivity contribution in [3.8, 4) is 0 Å². The molecule has 1 atom stereocenters. The van der Waals surface area contributed by atoms with E-state index in [0.717, 1.165) is 29.6 Å². The predicted molar refractivity (Wildman–Crippen MR) is 71.3 cm³/mol. The second-order valence-corrected chi connectivity index (χ2v) is 4.63. The Kier molecular flexibility index (Phi) is 6.24. The minimum Gasteiger partial charge on any atom is -0.303 e. The molecule has 0 bridgehead atoms. The van der Waals surface area contributed by atoms with Crippen LogP contribution in [0.25, 0.3) is 0 Å². The van der Waals surface area contributed by atoms with Crippen molar-refractivity contribution in [2.24, 2.45) is 0 Å². The summed E-state index contributed by atoms with van der Waals surface area (Å²) in [7, 11) is 0. The molecule has 0 radical (unpaired) electrons. The SMILES string of the molecule is CCCCCCC(C=O)c1ccccc1S. The summed E-state index contributed by atoms with van der Waals surface area (Å²) >= 11 is 4.40. The molecule has 0 saturated heterocycles. The molecule has 0 aliphatic carbocycles. The largest absolute Gasteiger partial charge is 0.303 e. The second kappa shape index (κ2) is 7.50. The molecule has 0 spiro atoms. The van der Waals surface area contributed by atoms with Gasteiger partial charge in [-0.15, -0.1) is 12.6 Å². The summed E-state index contributed by atoms with van der Waals surface area (Å²) in [5.74, 6) is 0.0190. The van der Waals surface area contributed by atoms with Crippen LogP contribution in [0.5, 0.6) is 0 Å². The molecule has 0 heterocycles. The first-order chi connectivity index (χ1) is 7.79. The summed E-state index contributed by atoms with van der Waals surface area (Å²) in [4.78, 5) is 12.0. The third kappa shape index (κ3) is 4.01. The van der Waals surface area contributed by atoms with E-state index in [1.54, 1.807) is 0 Å². The van der Waals surface area contributed by atoms with E-state index in [1.807, 2.05) is 24.3 Å². The van der Waals surface area contributed by atoms with Crippen LogP contribution in [0, 0.1) is 0 Å². The molecular formula is C14H20OS. The van der Waals surface area contributed by atoms with Crippen molar-refractivity contribution in [1.82, 2.24) is 0 Å². The quantitative estimate of drug-likeness (QED) is 0.426. The summed E-state index contributed by atoms with van der Waals surface area (Å²) in [6.45, 7) is 2.19. The Balaban J connectivity index is 2.54. The highest BCUT2D eigenvalue weighted by molar-refractivity contribution is 7.80. The maximum absolute atomic E-state index is 11.1. The topological polar surface area (TPSA) is 17.1 Å². The van der Waals surface area contributed by atoms with Crippen LogP contribution in [-0.4, -0.2) is 6.29 Å². The van der Waals surface area contributed by atoms with Gasteiger partial charge in [-0.1, -0.05) is 50.8 Å². The first-order valence-electron chi connectivity index (χ1n) is 6.02. The highest BCUT2D eigenvalue weighted by Crippen LogP contribution is 2.26. The third-order valence-electron chi connectivity index (χ3n) is 2.87. The highest BCUT2D eigenvalue weighted by Gasteiger charge is 2.12. The first-order valence-corrected chi connectivity index (χ1v) is 6.47. The molecule has 88 valence electrons. The number of hydrogen-bond acceptors (Lipinski definition) is 2. The highest BCUT2D eigenvalue weighted by atomic mass is 32.1. The van der Waals surface area contributed by atoms with Gasteiger partial charge in [0.1, 0.15) is 6.29 Å². The standard InChI is InChI=1S/C14H20OS/c1-2-3-4-5-8-12(11-15)13-9-6-7-10-14(13)16/h6-7,9-12,16H,2-5,8H2,1H3. The van der Waals surface area contributed by atoms with E-state index < -0.39 is 0 Å². The minimum absolute atomic E-state index is 0.0190. The van der Waals surface area contributed by atoms with E-state index in [1.165, 1.54) is 19.3 Å². The van der Waals surface area contributed by atoms with Crippen LogP contribution in [0.1, 0.15) is 50.5 Å². The number of rotatable bonds is 7. The van der Waals surface area contributed by atoms with Gasteiger partial charge < -0.3 is 4.79 Å². The zero-order valence-electron chi connectivity index (χ0n) is 9.86. The fraction of sp³-hybridized carbons (Fsp3) is 0.500. The molecule has 16 heavy (non-hydrogen) atoms. The number of carbonyl (C=O) groups excluding carboxylic acids is 1. The number of hydrogen-bond donors (Lipinski definition) is 1.